The molecule has 0 aromatic heterocycles. The van der Waals surface area contributed by atoms with E-state index in [1.165, 1.54) is 38.8 Å². The van der Waals surface area contributed by atoms with Crippen molar-refractivity contribution in [1.82, 2.24) is 4.90 Å². The van der Waals surface area contributed by atoms with E-state index in [2.05, 4.69) is 25.3 Å². The number of carbonyl (C=O) groups excluding carboxylic acids is 1. The highest BCUT2D eigenvalue weighted by atomic mass is 16.1. The van der Waals surface area contributed by atoms with Crippen LogP contribution in [0, 0.1) is 0 Å². The smallest absolute Gasteiger partial charge is 0.244 e. The van der Waals surface area contributed by atoms with Gasteiger partial charge in [-0.2, -0.15) is 0 Å². The van der Waals surface area contributed by atoms with Gasteiger partial charge in [0.25, 0.3) is 0 Å². The van der Waals surface area contributed by atoms with E-state index in [9.17, 15) is 4.79 Å². The Morgan fingerprint density at radius 3 is 1.94 bits per heavy atom. The number of nitrogens with zero attached hydrogens (tertiary/aromatic N) is 1. The summed E-state index contributed by atoms with van der Waals surface area (Å²) in [6.07, 6.45) is 6.67. The van der Waals surface area contributed by atoms with E-state index in [0.29, 0.717) is 5.57 Å². The van der Waals surface area contributed by atoms with Gasteiger partial charge in [0.15, 0.2) is 0 Å². The Kier molecular flexibility index (Phi) is 9.83. The fraction of sp³-hybridized carbons (Fsp3) is 0.786. The summed E-state index contributed by atoms with van der Waals surface area (Å²) in [5, 5.41) is 0. The van der Waals surface area contributed by atoms with Crippen LogP contribution in [0.15, 0.2) is 12.2 Å². The summed E-state index contributed by atoms with van der Waals surface area (Å²) in [5.74, 6) is -0.362. The Labute approximate surface area is 106 Å². The van der Waals surface area contributed by atoms with Crippen molar-refractivity contribution in [2.24, 2.45) is 5.73 Å². The van der Waals surface area contributed by atoms with E-state index in [-0.39, 0.29) is 5.91 Å². The van der Waals surface area contributed by atoms with E-state index in [0.717, 1.165) is 19.4 Å². The Morgan fingerprint density at radius 2 is 1.53 bits per heavy atom. The van der Waals surface area contributed by atoms with Crippen molar-refractivity contribution in [1.29, 1.82) is 0 Å². The van der Waals surface area contributed by atoms with Gasteiger partial charge in [-0.05, 0) is 45.3 Å². The highest BCUT2D eigenvalue weighted by Crippen LogP contribution is 2.05. The van der Waals surface area contributed by atoms with Crippen LogP contribution in [-0.2, 0) is 4.79 Å². The molecule has 0 aliphatic carbocycles. The Hall–Kier alpha value is -0.830. The Bertz CT molecular complexity index is 218. The fourth-order valence-corrected chi connectivity index (χ4v) is 1.74. The Balaban J connectivity index is 3.81. The molecule has 0 radical (unpaired) electrons. The zero-order valence-corrected chi connectivity index (χ0v) is 11.5. The molecule has 0 atom stereocenters. The van der Waals surface area contributed by atoms with Crippen molar-refractivity contribution in [3.05, 3.63) is 12.2 Å². The lowest BCUT2D eigenvalue weighted by Crippen LogP contribution is -2.27. The predicted molar refractivity (Wildman–Crippen MR) is 73.8 cm³/mol. The second kappa shape index (κ2) is 10.3. The average Bonchev–Trinajstić information content (AvgIpc) is 2.31. The highest BCUT2D eigenvalue weighted by Gasteiger charge is 2.06. The normalized spacial score (nSPS) is 10.8. The minimum atomic E-state index is -0.362. The van der Waals surface area contributed by atoms with Crippen molar-refractivity contribution < 1.29 is 4.79 Å². The summed E-state index contributed by atoms with van der Waals surface area (Å²) in [7, 11) is 0. The number of nitrogens with two attached hydrogens (primary N) is 1. The predicted octanol–water partition coefficient (Wildman–Crippen LogP) is 2.71. The van der Waals surface area contributed by atoms with Gasteiger partial charge in [-0.1, -0.05) is 33.3 Å². The van der Waals surface area contributed by atoms with Crippen LogP contribution in [-0.4, -0.2) is 30.4 Å². The van der Waals surface area contributed by atoms with Crippen molar-refractivity contribution in [3.63, 3.8) is 0 Å². The fourth-order valence-electron chi connectivity index (χ4n) is 1.74. The van der Waals surface area contributed by atoms with Gasteiger partial charge in [0.2, 0.25) is 5.91 Å². The molecule has 0 heterocycles. The lowest BCUT2D eigenvalue weighted by molar-refractivity contribution is -0.114. The molecule has 0 aliphatic rings. The SMILES string of the molecule is C=C(CCCN(CCCC)CCCC)C(N)=O. The van der Waals surface area contributed by atoms with Gasteiger partial charge in [0, 0.05) is 5.57 Å². The van der Waals surface area contributed by atoms with Gasteiger partial charge in [-0.15, -0.1) is 0 Å². The molecule has 0 aromatic carbocycles. The molecule has 0 unspecified atom stereocenters. The quantitative estimate of drug-likeness (QED) is 0.564. The first-order chi connectivity index (χ1) is 8.11. The molecule has 17 heavy (non-hydrogen) atoms. The van der Waals surface area contributed by atoms with Gasteiger partial charge in [0.1, 0.15) is 0 Å². The minimum absolute atomic E-state index is 0.362. The number of unbranched alkanes of at least 4 members (excludes halogenated alkanes) is 2. The molecule has 0 spiro atoms. The van der Waals surface area contributed by atoms with Crippen molar-refractivity contribution >= 4 is 5.91 Å². The third kappa shape index (κ3) is 8.93. The first-order valence-corrected chi connectivity index (χ1v) is 6.81. The molecule has 0 aromatic rings. The molecule has 0 rings (SSSR count). The molecule has 1 amide bonds. The summed E-state index contributed by atoms with van der Waals surface area (Å²) < 4.78 is 0. The number of carbonyl (C=O) groups is 1. The maximum absolute atomic E-state index is 10.8. The molecule has 0 saturated carbocycles. The van der Waals surface area contributed by atoms with E-state index < -0.39 is 0 Å². The van der Waals surface area contributed by atoms with Crippen LogP contribution in [0.1, 0.15) is 52.4 Å². The van der Waals surface area contributed by atoms with Gasteiger partial charge >= 0.3 is 0 Å². The van der Waals surface area contributed by atoms with Crippen LogP contribution in [0.3, 0.4) is 0 Å². The molecule has 0 aliphatic heterocycles. The molecule has 0 saturated heterocycles. The lowest BCUT2D eigenvalue weighted by atomic mass is 10.1. The van der Waals surface area contributed by atoms with Crippen molar-refractivity contribution in [2.45, 2.75) is 52.4 Å². The van der Waals surface area contributed by atoms with Gasteiger partial charge in [-0.25, -0.2) is 0 Å². The third-order valence-electron chi connectivity index (χ3n) is 2.96. The third-order valence-corrected chi connectivity index (χ3v) is 2.96. The molecule has 3 heteroatoms. The summed E-state index contributed by atoms with van der Waals surface area (Å²) in [6.45, 7) is 11.5. The van der Waals surface area contributed by atoms with Gasteiger partial charge in [-0.3, -0.25) is 4.79 Å². The number of amides is 1. The van der Waals surface area contributed by atoms with Crippen LogP contribution < -0.4 is 5.73 Å². The van der Waals surface area contributed by atoms with E-state index in [1.54, 1.807) is 0 Å². The average molecular weight is 240 g/mol. The summed E-state index contributed by atoms with van der Waals surface area (Å²) in [5.41, 5.74) is 5.71. The molecule has 2 N–H and O–H groups in total. The molecule has 100 valence electrons. The molecular weight excluding hydrogens is 212 g/mol. The largest absolute Gasteiger partial charge is 0.366 e. The first-order valence-electron chi connectivity index (χ1n) is 6.81. The topological polar surface area (TPSA) is 46.3 Å². The molecular formula is C14H28N2O. The van der Waals surface area contributed by atoms with Gasteiger partial charge < -0.3 is 10.6 Å². The number of hydrogen-bond acceptors (Lipinski definition) is 2. The zero-order chi connectivity index (χ0) is 13.1. The van der Waals surface area contributed by atoms with E-state index in [4.69, 9.17) is 5.73 Å². The maximum Gasteiger partial charge on any atom is 0.244 e. The standard InChI is InChI=1S/C14H28N2O/c1-4-6-10-16(11-7-5-2)12-8-9-13(3)14(15)17/h3-12H2,1-2H3,(H2,15,17). The maximum atomic E-state index is 10.8. The van der Waals surface area contributed by atoms with Gasteiger partial charge in [0.05, 0.1) is 0 Å². The summed E-state index contributed by atoms with van der Waals surface area (Å²) >= 11 is 0. The van der Waals surface area contributed by atoms with Crippen LogP contribution in [0.25, 0.3) is 0 Å². The summed E-state index contributed by atoms with van der Waals surface area (Å²) in [6, 6.07) is 0. The minimum Gasteiger partial charge on any atom is -0.366 e. The highest BCUT2D eigenvalue weighted by molar-refractivity contribution is 5.91. The van der Waals surface area contributed by atoms with Crippen LogP contribution >= 0.6 is 0 Å². The van der Waals surface area contributed by atoms with Crippen LogP contribution in [0.2, 0.25) is 0 Å². The second-order valence-electron chi connectivity index (χ2n) is 4.62. The number of hydrogen-bond donors (Lipinski definition) is 1. The van der Waals surface area contributed by atoms with E-state index >= 15 is 0 Å². The lowest BCUT2D eigenvalue weighted by Gasteiger charge is -2.21. The van der Waals surface area contributed by atoms with Crippen molar-refractivity contribution in [3.8, 4) is 0 Å². The Morgan fingerprint density at radius 1 is 1.06 bits per heavy atom. The second-order valence-corrected chi connectivity index (χ2v) is 4.62. The first kappa shape index (κ1) is 16.2. The van der Waals surface area contributed by atoms with Crippen LogP contribution in [0.4, 0.5) is 0 Å². The zero-order valence-electron chi connectivity index (χ0n) is 11.5. The number of primary amides is 1. The molecule has 3 nitrogen and oxygen atoms in total. The van der Waals surface area contributed by atoms with Crippen molar-refractivity contribution in [2.75, 3.05) is 19.6 Å². The summed E-state index contributed by atoms with van der Waals surface area (Å²) in [4.78, 5) is 13.3. The van der Waals surface area contributed by atoms with Crippen LogP contribution in [0.5, 0.6) is 0 Å². The van der Waals surface area contributed by atoms with E-state index in [1.807, 2.05) is 0 Å². The monoisotopic (exact) mass is 240 g/mol. The molecule has 0 fully saturated rings. The molecule has 0 bridgehead atoms. The number of rotatable bonds is 11.